The van der Waals surface area contributed by atoms with Crippen molar-refractivity contribution in [3.05, 3.63) is 0 Å². The van der Waals surface area contributed by atoms with Crippen molar-refractivity contribution in [2.45, 2.75) is 103 Å². The Kier molecular flexibility index (Phi) is 7.63. The van der Waals surface area contributed by atoms with Gasteiger partial charge in [-0.2, -0.15) is 0 Å². The molecule has 0 aromatic heterocycles. The quantitative estimate of drug-likeness (QED) is 0.489. The number of hydrogen-bond donors (Lipinski definition) is 0. The zero-order valence-electron chi connectivity index (χ0n) is 16.5. The van der Waals surface area contributed by atoms with Gasteiger partial charge in [0.2, 0.25) is 8.32 Å². The summed E-state index contributed by atoms with van der Waals surface area (Å²) in [7, 11) is -4.79. The lowest BCUT2D eigenvalue weighted by Crippen LogP contribution is -2.62. The van der Waals surface area contributed by atoms with E-state index >= 15 is 0 Å². The van der Waals surface area contributed by atoms with Crippen LogP contribution < -0.4 is 0 Å². The standard InChI is InChI=1S/C16H40O2Si3/c1-12-14-20(8,9)18-16(4,13-2)21(10,11)17-15(3)19(5,6)7/h15H,12-14H2,1-11H3. The van der Waals surface area contributed by atoms with Crippen molar-refractivity contribution in [2.24, 2.45) is 0 Å². The van der Waals surface area contributed by atoms with Gasteiger partial charge in [-0.05, 0) is 52.5 Å². The van der Waals surface area contributed by atoms with E-state index in [4.69, 9.17) is 8.85 Å². The zero-order valence-corrected chi connectivity index (χ0v) is 19.5. The Morgan fingerprint density at radius 2 is 1.43 bits per heavy atom. The van der Waals surface area contributed by atoms with Gasteiger partial charge in [0.05, 0.1) is 13.3 Å². The van der Waals surface area contributed by atoms with Gasteiger partial charge in [0.1, 0.15) is 0 Å². The number of hydrogen-bond acceptors (Lipinski definition) is 2. The van der Waals surface area contributed by atoms with Crippen LogP contribution in [0.5, 0.6) is 0 Å². The zero-order chi connectivity index (χ0) is 17.1. The smallest absolute Gasteiger partial charge is 0.216 e. The summed E-state index contributed by atoms with van der Waals surface area (Å²) < 4.78 is 13.5. The fraction of sp³-hybridized carbons (Fsp3) is 1.00. The van der Waals surface area contributed by atoms with E-state index in [0.29, 0.717) is 5.73 Å². The number of rotatable bonds is 9. The fourth-order valence-corrected chi connectivity index (χ4v) is 11.4. The van der Waals surface area contributed by atoms with Gasteiger partial charge in [0.15, 0.2) is 8.32 Å². The third-order valence-corrected chi connectivity index (χ3v) is 14.6. The first-order valence-electron chi connectivity index (χ1n) is 8.59. The second kappa shape index (κ2) is 7.43. The average Bonchev–Trinajstić information content (AvgIpc) is 2.25. The Bertz CT molecular complexity index is 324. The van der Waals surface area contributed by atoms with Crippen LogP contribution in [-0.4, -0.2) is 35.7 Å². The van der Waals surface area contributed by atoms with Crippen LogP contribution in [0.4, 0.5) is 0 Å². The van der Waals surface area contributed by atoms with Crippen LogP contribution in [-0.2, 0) is 8.85 Å². The van der Waals surface area contributed by atoms with Gasteiger partial charge in [-0.15, -0.1) is 0 Å². The molecular weight excluding hydrogens is 308 g/mol. The molecule has 0 aliphatic rings. The third-order valence-electron chi connectivity index (χ3n) is 4.99. The molecule has 0 aromatic rings. The molecular formula is C16H40O2Si3. The molecule has 0 heterocycles. The molecule has 0 saturated carbocycles. The topological polar surface area (TPSA) is 18.5 Å². The maximum atomic E-state index is 6.78. The SMILES string of the molecule is CCC[Si](C)(C)OC(C)(CC)[Si](C)(C)OC(C)[Si](C)(C)C. The average molecular weight is 349 g/mol. The molecule has 0 fully saturated rings. The Morgan fingerprint density at radius 1 is 0.952 bits per heavy atom. The highest BCUT2D eigenvalue weighted by atomic mass is 28.4. The monoisotopic (exact) mass is 348 g/mol. The van der Waals surface area contributed by atoms with Crippen LogP contribution in [0.2, 0.25) is 51.9 Å². The summed E-state index contributed by atoms with van der Waals surface area (Å²) in [4.78, 5) is 0. The Labute approximate surface area is 137 Å². The molecule has 2 atom stereocenters. The summed E-state index contributed by atoms with van der Waals surface area (Å²) in [6.07, 6.45) is 2.26. The van der Waals surface area contributed by atoms with E-state index < -0.39 is 24.7 Å². The van der Waals surface area contributed by atoms with Gasteiger partial charge >= 0.3 is 0 Å². The molecule has 128 valence electrons. The molecule has 0 rings (SSSR count). The van der Waals surface area contributed by atoms with E-state index in [1.165, 1.54) is 12.5 Å². The second-order valence-electron chi connectivity index (χ2n) is 8.83. The first-order valence-corrected chi connectivity index (χ1v) is 18.2. The molecule has 0 aromatic carbocycles. The molecule has 0 spiro atoms. The Balaban J connectivity index is 5.20. The van der Waals surface area contributed by atoms with Crippen LogP contribution in [0.3, 0.4) is 0 Å². The molecule has 0 N–H and O–H groups in total. The molecule has 2 nitrogen and oxygen atoms in total. The Morgan fingerprint density at radius 3 is 1.76 bits per heavy atom. The van der Waals surface area contributed by atoms with Crippen molar-refractivity contribution in [3.8, 4) is 0 Å². The van der Waals surface area contributed by atoms with Crippen LogP contribution >= 0.6 is 0 Å². The van der Waals surface area contributed by atoms with Crippen molar-refractivity contribution >= 4 is 24.7 Å². The van der Waals surface area contributed by atoms with Crippen LogP contribution in [0.1, 0.15) is 40.5 Å². The maximum absolute atomic E-state index is 6.78. The molecule has 21 heavy (non-hydrogen) atoms. The third kappa shape index (κ3) is 6.29. The van der Waals surface area contributed by atoms with Gasteiger partial charge in [-0.1, -0.05) is 39.9 Å². The molecule has 0 radical (unpaired) electrons. The first-order chi connectivity index (χ1) is 9.21. The lowest BCUT2D eigenvalue weighted by atomic mass is 10.3. The summed E-state index contributed by atoms with van der Waals surface area (Å²) >= 11 is 0. The van der Waals surface area contributed by atoms with E-state index in [1.807, 2.05) is 0 Å². The van der Waals surface area contributed by atoms with E-state index in [-0.39, 0.29) is 5.22 Å². The molecule has 0 saturated heterocycles. The van der Waals surface area contributed by atoms with Crippen LogP contribution in [0.25, 0.3) is 0 Å². The highest BCUT2D eigenvalue weighted by molar-refractivity contribution is 6.81. The predicted octanol–water partition coefficient (Wildman–Crippen LogP) is 5.81. The van der Waals surface area contributed by atoms with Crippen LogP contribution in [0.15, 0.2) is 0 Å². The molecule has 0 amide bonds. The van der Waals surface area contributed by atoms with Crippen LogP contribution in [0, 0.1) is 0 Å². The summed E-state index contributed by atoms with van der Waals surface area (Å²) in [6.45, 7) is 25.7. The van der Waals surface area contributed by atoms with Gasteiger partial charge in [0.25, 0.3) is 0 Å². The summed E-state index contributed by atoms with van der Waals surface area (Å²) in [6, 6.07) is 1.23. The lowest BCUT2D eigenvalue weighted by Gasteiger charge is -2.48. The maximum Gasteiger partial charge on any atom is 0.216 e. The van der Waals surface area contributed by atoms with Gasteiger partial charge in [-0.25, -0.2) is 0 Å². The lowest BCUT2D eigenvalue weighted by molar-refractivity contribution is 0.109. The van der Waals surface area contributed by atoms with Crippen molar-refractivity contribution in [1.82, 2.24) is 0 Å². The van der Waals surface area contributed by atoms with Crippen molar-refractivity contribution in [2.75, 3.05) is 0 Å². The highest BCUT2D eigenvalue weighted by Crippen LogP contribution is 2.35. The second-order valence-corrected chi connectivity index (χ2v) is 22.9. The summed E-state index contributed by atoms with van der Waals surface area (Å²) in [5, 5.41) is -0.0776. The van der Waals surface area contributed by atoms with E-state index in [9.17, 15) is 0 Å². The molecule has 0 aliphatic heterocycles. The molecule has 0 aliphatic carbocycles. The fourth-order valence-electron chi connectivity index (χ4n) is 2.63. The van der Waals surface area contributed by atoms with E-state index in [2.05, 4.69) is 73.5 Å². The minimum atomic E-state index is -1.92. The minimum absolute atomic E-state index is 0.0776. The predicted molar refractivity (Wildman–Crippen MR) is 104 cm³/mol. The minimum Gasteiger partial charge on any atom is -0.415 e. The highest BCUT2D eigenvalue weighted by Gasteiger charge is 2.49. The molecule has 0 bridgehead atoms. The largest absolute Gasteiger partial charge is 0.415 e. The first kappa shape index (κ1) is 21.6. The van der Waals surface area contributed by atoms with Gasteiger partial charge < -0.3 is 8.85 Å². The van der Waals surface area contributed by atoms with Gasteiger partial charge in [-0.3, -0.25) is 0 Å². The summed E-state index contributed by atoms with van der Waals surface area (Å²) in [5.41, 5.74) is 0.393. The normalized spacial score (nSPS) is 18.4. The van der Waals surface area contributed by atoms with Crippen molar-refractivity contribution in [3.63, 3.8) is 0 Å². The molecule has 5 heteroatoms. The van der Waals surface area contributed by atoms with Gasteiger partial charge in [0, 0.05) is 5.73 Å². The van der Waals surface area contributed by atoms with Crippen molar-refractivity contribution in [1.29, 1.82) is 0 Å². The Hall–Kier alpha value is 0.571. The van der Waals surface area contributed by atoms with E-state index in [0.717, 1.165) is 6.42 Å². The molecule has 2 unspecified atom stereocenters. The summed E-state index contributed by atoms with van der Waals surface area (Å²) in [5.74, 6) is 0. The van der Waals surface area contributed by atoms with E-state index in [1.54, 1.807) is 0 Å². The van der Waals surface area contributed by atoms with Crippen molar-refractivity contribution < 1.29 is 8.85 Å².